The summed E-state index contributed by atoms with van der Waals surface area (Å²) in [6, 6.07) is 8.19. The van der Waals surface area contributed by atoms with E-state index in [1.165, 1.54) is 36.0 Å². The first-order valence-corrected chi connectivity index (χ1v) is 9.10. The molecule has 3 rings (SSSR count). The summed E-state index contributed by atoms with van der Waals surface area (Å²) < 4.78 is 10.4. The average Bonchev–Trinajstić information content (AvgIpc) is 2.80. The first-order valence-electron chi connectivity index (χ1n) is 9.10. The Morgan fingerprint density at radius 1 is 1.10 bits per heavy atom. The minimum Gasteiger partial charge on any atom is -0.465 e. The van der Waals surface area contributed by atoms with Gasteiger partial charge in [0.2, 0.25) is 5.91 Å². The van der Waals surface area contributed by atoms with E-state index in [4.69, 9.17) is 9.47 Å². The van der Waals surface area contributed by atoms with Gasteiger partial charge in [-0.15, -0.1) is 0 Å². The lowest BCUT2D eigenvalue weighted by Gasteiger charge is -2.28. The number of pyridine rings is 1. The molecular weight excluding hydrogens is 374 g/mol. The molecule has 2 aromatic rings. The van der Waals surface area contributed by atoms with Crippen molar-refractivity contribution in [3.05, 3.63) is 47.7 Å². The molecule has 8 heteroatoms. The van der Waals surface area contributed by atoms with Gasteiger partial charge < -0.3 is 14.4 Å². The zero-order valence-electron chi connectivity index (χ0n) is 17.1. The van der Waals surface area contributed by atoms with E-state index in [-0.39, 0.29) is 18.0 Å². The van der Waals surface area contributed by atoms with Gasteiger partial charge in [0.1, 0.15) is 11.4 Å². The summed E-state index contributed by atoms with van der Waals surface area (Å²) in [6.07, 6.45) is 0.942. The zero-order chi connectivity index (χ0) is 21.3. The number of ether oxygens (including phenoxy) is 2. The molecule has 0 saturated carbocycles. The molecule has 1 aromatic heterocycles. The molecule has 1 aliphatic rings. The van der Waals surface area contributed by atoms with Crippen LogP contribution in [0.15, 0.2) is 36.5 Å². The zero-order valence-corrected chi connectivity index (χ0v) is 17.1. The van der Waals surface area contributed by atoms with Crippen LogP contribution in [-0.4, -0.2) is 35.7 Å². The fraction of sp³-hybridized carbons (Fsp3) is 0.333. The molecule has 0 atom stereocenters. The van der Waals surface area contributed by atoms with Crippen molar-refractivity contribution in [3.63, 3.8) is 0 Å². The highest BCUT2D eigenvalue weighted by atomic mass is 16.6. The maximum atomic E-state index is 13.1. The Hall–Kier alpha value is -3.42. The number of esters is 1. The third-order valence-electron chi connectivity index (χ3n) is 4.29. The van der Waals surface area contributed by atoms with Crippen molar-refractivity contribution in [2.24, 2.45) is 0 Å². The van der Waals surface area contributed by atoms with E-state index in [0.717, 1.165) is 0 Å². The number of hydrogen-bond acceptors (Lipinski definition) is 6. The highest BCUT2D eigenvalue weighted by Crippen LogP contribution is 2.41. The normalized spacial score (nSPS) is 13.1. The van der Waals surface area contributed by atoms with Crippen LogP contribution < -0.4 is 9.80 Å². The lowest BCUT2D eigenvalue weighted by atomic mass is 10.1. The molecule has 0 saturated heterocycles. The molecule has 0 spiro atoms. The van der Waals surface area contributed by atoms with Crippen LogP contribution in [-0.2, 0) is 20.8 Å². The number of hydrogen-bond donors (Lipinski definition) is 0. The number of carbonyl (C=O) groups is 3. The second-order valence-electron chi connectivity index (χ2n) is 7.60. The molecular formula is C21H23N3O5. The number of aromatic nitrogens is 1. The van der Waals surface area contributed by atoms with Crippen molar-refractivity contribution in [2.75, 3.05) is 16.9 Å². The number of benzene rings is 1. The Morgan fingerprint density at radius 3 is 2.45 bits per heavy atom. The van der Waals surface area contributed by atoms with Crippen LogP contribution in [0, 0.1) is 0 Å². The Labute approximate surface area is 169 Å². The third-order valence-corrected chi connectivity index (χ3v) is 4.29. The van der Waals surface area contributed by atoms with Crippen molar-refractivity contribution in [1.29, 1.82) is 0 Å². The third kappa shape index (κ3) is 4.06. The molecule has 0 unspecified atom stereocenters. The van der Waals surface area contributed by atoms with Crippen LogP contribution in [0.5, 0.6) is 0 Å². The fourth-order valence-electron chi connectivity index (χ4n) is 3.07. The molecule has 152 valence electrons. The first kappa shape index (κ1) is 20.3. The second-order valence-corrected chi connectivity index (χ2v) is 7.60. The minimum atomic E-state index is -0.731. The summed E-state index contributed by atoms with van der Waals surface area (Å²) in [6.45, 7) is 6.92. The number of rotatable bonds is 1. The molecule has 0 aliphatic carbocycles. The number of anilines is 3. The van der Waals surface area contributed by atoms with E-state index in [2.05, 4.69) is 4.98 Å². The van der Waals surface area contributed by atoms with Crippen LogP contribution in [0.4, 0.5) is 22.0 Å². The molecule has 0 radical (unpaired) electrons. The number of fused-ring (bicyclic) bond motifs is 2. The topological polar surface area (TPSA) is 89.0 Å². The van der Waals surface area contributed by atoms with Crippen LogP contribution in [0.3, 0.4) is 0 Å². The van der Waals surface area contributed by atoms with Crippen LogP contribution in [0.1, 0.15) is 43.6 Å². The smallest absolute Gasteiger partial charge is 0.420 e. The van der Waals surface area contributed by atoms with Crippen molar-refractivity contribution >= 4 is 35.2 Å². The van der Waals surface area contributed by atoms with Crippen molar-refractivity contribution in [3.8, 4) is 0 Å². The van der Waals surface area contributed by atoms with Crippen LogP contribution >= 0.6 is 0 Å². The van der Waals surface area contributed by atoms with Crippen molar-refractivity contribution < 1.29 is 23.9 Å². The van der Waals surface area contributed by atoms with Crippen molar-refractivity contribution in [2.45, 2.75) is 39.8 Å². The molecule has 1 aromatic carbocycles. The van der Waals surface area contributed by atoms with Gasteiger partial charge in [-0.05, 0) is 45.0 Å². The molecule has 0 N–H and O–H groups in total. The number of nitrogens with zero attached hydrogens (tertiary/aromatic N) is 3. The highest BCUT2D eigenvalue weighted by Gasteiger charge is 2.34. The van der Waals surface area contributed by atoms with Gasteiger partial charge in [0.05, 0.1) is 30.6 Å². The van der Waals surface area contributed by atoms with E-state index < -0.39 is 17.7 Å². The molecule has 2 amide bonds. The maximum Gasteiger partial charge on any atom is 0.420 e. The standard InChI is InChI=1S/C21H23N3O5/c1-13(25)23-12-15-7-6-10-22-18(15)24(20(27)29-21(2,3)4)16-9-8-14(11-17(16)23)19(26)28-5/h6-11H,12H2,1-5H3. The molecule has 1 aliphatic heterocycles. The largest absolute Gasteiger partial charge is 0.465 e. The number of amides is 2. The second kappa shape index (κ2) is 7.54. The fourth-order valence-corrected chi connectivity index (χ4v) is 3.07. The Kier molecular flexibility index (Phi) is 5.28. The lowest BCUT2D eigenvalue weighted by molar-refractivity contribution is -0.116. The Bertz CT molecular complexity index is 981. The van der Waals surface area contributed by atoms with Gasteiger partial charge in [-0.1, -0.05) is 6.07 Å². The summed E-state index contributed by atoms with van der Waals surface area (Å²) in [5.74, 6) is -0.410. The lowest BCUT2D eigenvalue weighted by Crippen LogP contribution is -2.34. The van der Waals surface area contributed by atoms with E-state index >= 15 is 0 Å². The van der Waals surface area contributed by atoms with Gasteiger partial charge >= 0.3 is 12.1 Å². The average molecular weight is 397 g/mol. The predicted octanol–water partition coefficient (Wildman–Crippen LogP) is 3.81. The monoisotopic (exact) mass is 397 g/mol. The van der Waals surface area contributed by atoms with E-state index in [0.29, 0.717) is 22.8 Å². The van der Waals surface area contributed by atoms with E-state index in [1.807, 2.05) is 0 Å². The SMILES string of the molecule is COC(=O)c1ccc2c(c1)N(C(C)=O)Cc1cccnc1N2C(=O)OC(C)(C)C. The van der Waals surface area contributed by atoms with Gasteiger partial charge in [-0.2, -0.15) is 0 Å². The Morgan fingerprint density at radius 2 is 1.83 bits per heavy atom. The van der Waals surface area contributed by atoms with E-state index in [9.17, 15) is 14.4 Å². The number of carbonyl (C=O) groups excluding carboxylic acids is 3. The molecule has 0 fully saturated rings. The highest BCUT2D eigenvalue weighted by molar-refractivity contribution is 6.06. The molecule has 29 heavy (non-hydrogen) atoms. The quantitative estimate of drug-likeness (QED) is 0.680. The Balaban J connectivity index is 2.25. The summed E-state index contributed by atoms with van der Waals surface area (Å²) in [7, 11) is 1.28. The first-order chi connectivity index (χ1) is 13.6. The van der Waals surface area contributed by atoms with Crippen molar-refractivity contribution in [1.82, 2.24) is 4.98 Å². The van der Waals surface area contributed by atoms with Crippen LogP contribution in [0.2, 0.25) is 0 Å². The predicted molar refractivity (Wildman–Crippen MR) is 107 cm³/mol. The molecule has 8 nitrogen and oxygen atoms in total. The van der Waals surface area contributed by atoms with Crippen LogP contribution in [0.25, 0.3) is 0 Å². The number of methoxy groups -OCH3 is 1. The van der Waals surface area contributed by atoms with E-state index in [1.54, 1.807) is 45.2 Å². The summed E-state index contributed by atoms with van der Waals surface area (Å²) in [5, 5.41) is 0. The van der Waals surface area contributed by atoms with Gasteiger partial charge in [0.25, 0.3) is 0 Å². The van der Waals surface area contributed by atoms with Gasteiger partial charge in [0.15, 0.2) is 0 Å². The minimum absolute atomic E-state index is 0.190. The van der Waals surface area contributed by atoms with Gasteiger partial charge in [-0.3, -0.25) is 4.79 Å². The summed E-state index contributed by atoms with van der Waals surface area (Å²) in [4.78, 5) is 44.8. The van der Waals surface area contributed by atoms with Gasteiger partial charge in [0, 0.05) is 18.7 Å². The summed E-state index contributed by atoms with van der Waals surface area (Å²) >= 11 is 0. The molecule has 0 bridgehead atoms. The van der Waals surface area contributed by atoms with Gasteiger partial charge in [-0.25, -0.2) is 19.5 Å². The maximum absolute atomic E-state index is 13.1. The summed E-state index contributed by atoms with van der Waals surface area (Å²) in [5.41, 5.74) is 0.985. The molecule has 2 heterocycles.